The molecular weight excluding hydrogens is 400 g/mol. The summed E-state index contributed by atoms with van der Waals surface area (Å²) < 4.78 is 1.99. The molecule has 9 heteroatoms. The van der Waals surface area contributed by atoms with Gasteiger partial charge in [-0.3, -0.25) is 19.3 Å². The Morgan fingerprint density at radius 2 is 1.93 bits per heavy atom. The van der Waals surface area contributed by atoms with Gasteiger partial charge in [0, 0.05) is 36.3 Å². The minimum absolute atomic E-state index is 0.271. The molecule has 4 aromatic rings. The number of H-pyrrole nitrogens is 2. The van der Waals surface area contributed by atoms with Crippen molar-refractivity contribution in [2.24, 2.45) is 0 Å². The average molecular weight is 420 g/mol. The molecule has 3 heterocycles. The number of nitrogens with zero attached hydrogens (tertiary/aromatic N) is 4. The lowest BCUT2D eigenvalue weighted by molar-refractivity contribution is 0.823. The van der Waals surface area contributed by atoms with Gasteiger partial charge in [-0.1, -0.05) is 30.0 Å². The normalized spacial score (nSPS) is 11.0. The molecule has 3 aromatic heterocycles. The molecule has 0 aliphatic heterocycles. The second-order valence-corrected chi connectivity index (χ2v) is 7.91. The van der Waals surface area contributed by atoms with Crippen LogP contribution in [0.4, 0.5) is 0 Å². The fourth-order valence-electron chi connectivity index (χ4n) is 3.13. The number of nitrogens with one attached hydrogen (secondary N) is 2. The van der Waals surface area contributed by atoms with E-state index in [2.05, 4.69) is 43.3 Å². The fourth-order valence-corrected chi connectivity index (χ4v) is 4.02. The van der Waals surface area contributed by atoms with E-state index in [0.29, 0.717) is 17.3 Å². The Balaban J connectivity index is 1.76. The summed E-state index contributed by atoms with van der Waals surface area (Å²) in [7, 11) is 0. The van der Waals surface area contributed by atoms with Crippen molar-refractivity contribution < 1.29 is 0 Å². The Morgan fingerprint density at radius 3 is 2.70 bits per heavy atom. The minimum Gasteiger partial charge on any atom is -0.311 e. The summed E-state index contributed by atoms with van der Waals surface area (Å²) in [5, 5.41) is 9.50. The third kappa shape index (κ3) is 4.41. The number of hydrogen-bond donors (Lipinski definition) is 2. The van der Waals surface area contributed by atoms with E-state index < -0.39 is 11.2 Å². The molecule has 2 N–H and O–H groups in total. The standard InChI is InChI=1S/C21H20N6O2S/c1-13-5-6-14(2)17(8-13)27-18(9-16-10-19(28)24-20(29)23-16)25-26-21(27)30-12-15-4-3-7-22-11-15/h3-8,10-11H,9,12H2,1-2H3,(H2,23,24,28,29). The number of aromatic nitrogens is 6. The lowest BCUT2D eigenvalue weighted by atomic mass is 10.1. The van der Waals surface area contributed by atoms with Crippen LogP contribution in [0.3, 0.4) is 0 Å². The largest absolute Gasteiger partial charge is 0.325 e. The topological polar surface area (TPSA) is 109 Å². The lowest BCUT2D eigenvalue weighted by Crippen LogP contribution is -2.23. The molecule has 0 aliphatic rings. The predicted molar refractivity (Wildman–Crippen MR) is 115 cm³/mol. The summed E-state index contributed by atoms with van der Waals surface area (Å²) in [6.07, 6.45) is 3.84. The first kappa shape index (κ1) is 19.8. The van der Waals surface area contributed by atoms with Crippen LogP contribution in [-0.2, 0) is 12.2 Å². The molecule has 4 rings (SSSR count). The number of aromatic amines is 2. The van der Waals surface area contributed by atoms with Crippen molar-refractivity contribution in [1.29, 1.82) is 0 Å². The lowest BCUT2D eigenvalue weighted by Gasteiger charge is -2.14. The van der Waals surface area contributed by atoms with E-state index >= 15 is 0 Å². The van der Waals surface area contributed by atoms with E-state index in [0.717, 1.165) is 27.5 Å². The Bertz CT molecular complexity index is 1260. The highest BCUT2D eigenvalue weighted by atomic mass is 32.2. The van der Waals surface area contributed by atoms with Gasteiger partial charge in [-0.05, 0) is 42.7 Å². The van der Waals surface area contributed by atoms with Crippen LogP contribution in [0.25, 0.3) is 5.69 Å². The molecule has 0 saturated heterocycles. The van der Waals surface area contributed by atoms with Crippen molar-refractivity contribution in [1.82, 2.24) is 29.7 Å². The number of aryl methyl sites for hydroxylation is 2. The molecule has 0 spiro atoms. The van der Waals surface area contributed by atoms with Gasteiger partial charge < -0.3 is 4.98 Å². The van der Waals surface area contributed by atoms with Gasteiger partial charge in [0.15, 0.2) is 5.16 Å². The Kier molecular flexibility index (Phi) is 5.62. The maximum atomic E-state index is 11.7. The van der Waals surface area contributed by atoms with Gasteiger partial charge in [-0.25, -0.2) is 4.79 Å². The number of rotatable bonds is 6. The van der Waals surface area contributed by atoms with Gasteiger partial charge in [0.1, 0.15) is 5.82 Å². The molecule has 30 heavy (non-hydrogen) atoms. The maximum Gasteiger partial charge on any atom is 0.325 e. The summed E-state index contributed by atoms with van der Waals surface area (Å²) in [5.74, 6) is 1.33. The highest BCUT2D eigenvalue weighted by Gasteiger charge is 2.17. The Hall–Kier alpha value is -3.46. The monoisotopic (exact) mass is 420 g/mol. The zero-order valence-corrected chi connectivity index (χ0v) is 17.4. The maximum absolute atomic E-state index is 11.7. The SMILES string of the molecule is Cc1ccc(C)c(-n2c(Cc3cc(=O)[nH]c(=O)[nH]3)nnc2SCc2cccnc2)c1. The molecule has 0 fully saturated rings. The zero-order chi connectivity index (χ0) is 21.1. The van der Waals surface area contributed by atoms with Crippen LogP contribution in [0.1, 0.15) is 28.2 Å². The van der Waals surface area contributed by atoms with Crippen molar-refractivity contribution >= 4 is 11.8 Å². The molecule has 0 saturated carbocycles. The first-order chi connectivity index (χ1) is 14.5. The first-order valence-electron chi connectivity index (χ1n) is 9.36. The van der Waals surface area contributed by atoms with E-state index in [1.54, 1.807) is 18.0 Å². The summed E-state index contributed by atoms with van der Waals surface area (Å²) in [6, 6.07) is 11.5. The number of hydrogen-bond acceptors (Lipinski definition) is 6. The van der Waals surface area contributed by atoms with Crippen molar-refractivity contribution in [3.05, 3.63) is 97.8 Å². The molecule has 8 nitrogen and oxygen atoms in total. The summed E-state index contributed by atoms with van der Waals surface area (Å²) in [4.78, 5) is 32.3. The van der Waals surface area contributed by atoms with E-state index in [4.69, 9.17) is 0 Å². The minimum atomic E-state index is -0.540. The van der Waals surface area contributed by atoms with E-state index in [9.17, 15) is 9.59 Å². The molecule has 0 radical (unpaired) electrons. The molecule has 0 unspecified atom stereocenters. The molecule has 0 atom stereocenters. The summed E-state index contributed by atoms with van der Waals surface area (Å²) >= 11 is 1.56. The van der Waals surface area contributed by atoms with Crippen LogP contribution in [0, 0.1) is 13.8 Å². The second-order valence-electron chi connectivity index (χ2n) is 6.96. The van der Waals surface area contributed by atoms with Crippen molar-refractivity contribution in [2.45, 2.75) is 31.2 Å². The first-order valence-corrected chi connectivity index (χ1v) is 10.3. The van der Waals surface area contributed by atoms with Crippen LogP contribution < -0.4 is 11.2 Å². The quantitative estimate of drug-likeness (QED) is 0.464. The highest BCUT2D eigenvalue weighted by Crippen LogP contribution is 2.28. The summed E-state index contributed by atoms with van der Waals surface area (Å²) in [5.41, 5.74) is 3.73. The molecule has 0 amide bonds. The van der Waals surface area contributed by atoms with Gasteiger partial charge in [0.2, 0.25) is 0 Å². The molecule has 0 bridgehead atoms. The van der Waals surface area contributed by atoms with Gasteiger partial charge in [0.25, 0.3) is 5.56 Å². The third-order valence-electron chi connectivity index (χ3n) is 4.56. The van der Waals surface area contributed by atoms with Crippen molar-refractivity contribution in [3.63, 3.8) is 0 Å². The van der Waals surface area contributed by atoms with Crippen LogP contribution in [0.5, 0.6) is 0 Å². The molecule has 1 aromatic carbocycles. The fraction of sp³-hybridized carbons (Fsp3) is 0.190. The Labute approximate surface area is 176 Å². The van der Waals surface area contributed by atoms with Crippen molar-refractivity contribution in [2.75, 3.05) is 0 Å². The van der Waals surface area contributed by atoms with Gasteiger partial charge in [-0.2, -0.15) is 0 Å². The van der Waals surface area contributed by atoms with Crippen LogP contribution in [-0.4, -0.2) is 29.7 Å². The van der Waals surface area contributed by atoms with E-state index in [-0.39, 0.29) is 6.42 Å². The van der Waals surface area contributed by atoms with Crippen molar-refractivity contribution in [3.8, 4) is 5.69 Å². The molecule has 0 aliphatic carbocycles. The summed E-state index contributed by atoms with van der Waals surface area (Å²) in [6.45, 7) is 4.06. The van der Waals surface area contributed by atoms with Gasteiger partial charge in [0.05, 0.1) is 5.69 Å². The van der Waals surface area contributed by atoms with Crippen LogP contribution in [0.2, 0.25) is 0 Å². The van der Waals surface area contributed by atoms with Crippen LogP contribution in [0.15, 0.2) is 63.5 Å². The molecule has 152 valence electrons. The average Bonchev–Trinajstić information content (AvgIpc) is 3.10. The highest BCUT2D eigenvalue weighted by molar-refractivity contribution is 7.98. The second kappa shape index (κ2) is 8.50. The smallest absolute Gasteiger partial charge is 0.311 e. The molecular formula is C21H20N6O2S. The van der Waals surface area contributed by atoms with E-state index in [1.165, 1.54) is 6.07 Å². The van der Waals surface area contributed by atoms with Gasteiger partial charge >= 0.3 is 5.69 Å². The predicted octanol–water partition coefficient (Wildman–Crippen LogP) is 2.54. The van der Waals surface area contributed by atoms with Crippen LogP contribution >= 0.6 is 11.8 Å². The number of benzene rings is 1. The third-order valence-corrected chi connectivity index (χ3v) is 5.56. The number of pyridine rings is 1. The van der Waals surface area contributed by atoms with E-state index in [1.807, 2.05) is 36.7 Å². The Morgan fingerprint density at radius 1 is 1.07 bits per heavy atom. The zero-order valence-electron chi connectivity index (χ0n) is 16.5. The van der Waals surface area contributed by atoms with Gasteiger partial charge in [-0.15, -0.1) is 10.2 Å². The number of thioether (sulfide) groups is 1.